The molecule has 0 atom stereocenters. The minimum Gasteiger partial charge on any atom is -0.493 e. The molecule has 2 aromatic rings. The molecule has 0 saturated carbocycles. The summed E-state index contributed by atoms with van der Waals surface area (Å²) in [7, 11) is 3.13. The molecular weight excluding hydrogens is 354 g/mol. The first-order valence-corrected chi connectivity index (χ1v) is 8.86. The highest BCUT2D eigenvalue weighted by Crippen LogP contribution is 2.34. The first kappa shape index (κ1) is 19.8. The van der Waals surface area contributed by atoms with Gasteiger partial charge in [0.25, 0.3) is 0 Å². The molecule has 0 aliphatic rings. The normalized spacial score (nSPS) is 10.4. The van der Waals surface area contributed by atoms with Crippen LogP contribution in [0.3, 0.4) is 0 Å². The number of anilines is 1. The molecule has 140 valence electrons. The molecule has 0 radical (unpaired) electrons. The van der Waals surface area contributed by atoms with Gasteiger partial charge in [-0.15, -0.1) is 11.3 Å². The van der Waals surface area contributed by atoms with E-state index in [9.17, 15) is 9.59 Å². The Labute approximate surface area is 157 Å². The molecule has 1 amide bonds. The molecule has 1 heterocycles. The summed E-state index contributed by atoms with van der Waals surface area (Å²) < 4.78 is 16.1. The van der Waals surface area contributed by atoms with Gasteiger partial charge in [0.05, 0.1) is 19.8 Å². The first-order valence-electron chi connectivity index (χ1n) is 8.04. The van der Waals surface area contributed by atoms with Gasteiger partial charge < -0.3 is 19.5 Å². The van der Waals surface area contributed by atoms with Crippen molar-refractivity contribution in [3.8, 4) is 11.5 Å². The number of ether oxygens (including phenoxy) is 3. The molecule has 0 aliphatic heterocycles. The summed E-state index contributed by atoms with van der Waals surface area (Å²) in [5.41, 5.74) is 2.96. The van der Waals surface area contributed by atoms with E-state index in [0.717, 1.165) is 21.6 Å². The van der Waals surface area contributed by atoms with E-state index in [1.807, 2.05) is 26.8 Å². The Kier molecular flexibility index (Phi) is 6.26. The van der Waals surface area contributed by atoms with Crippen LogP contribution in [0.4, 0.5) is 5.00 Å². The molecule has 1 N–H and O–H groups in total. The number of methoxy groups -OCH3 is 2. The minimum atomic E-state index is -0.468. The molecule has 0 unspecified atom stereocenters. The number of nitrogens with one attached hydrogen (secondary N) is 1. The van der Waals surface area contributed by atoms with Gasteiger partial charge in [0.2, 0.25) is 5.91 Å². The largest absolute Gasteiger partial charge is 0.493 e. The van der Waals surface area contributed by atoms with Crippen LogP contribution in [0.2, 0.25) is 0 Å². The smallest absolute Gasteiger partial charge is 0.341 e. The Bertz CT molecular complexity index is 841. The van der Waals surface area contributed by atoms with Crippen LogP contribution in [-0.2, 0) is 16.1 Å². The number of benzene rings is 1. The highest BCUT2D eigenvalue weighted by molar-refractivity contribution is 7.16. The zero-order valence-corrected chi connectivity index (χ0v) is 16.6. The van der Waals surface area contributed by atoms with Gasteiger partial charge in [-0.05, 0) is 49.6 Å². The summed E-state index contributed by atoms with van der Waals surface area (Å²) in [4.78, 5) is 25.0. The molecule has 0 bridgehead atoms. The van der Waals surface area contributed by atoms with Crippen molar-refractivity contribution in [1.29, 1.82) is 0 Å². The number of carbonyl (C=O) groups excluding carboxylic acids is 2. The monoisotopic (exact) mass is 377 g/mol. The van der Waals surface area contributed by atoms with Gasteiger partial charge in [-0.1, -0.05) is 0 Å². The lowest BCUT2D eigenvalue weighted by atomic mass is 10.1. The minimum absolute atomic E-state index is 0.0961. The van der Waals surface area contributed by atoms with Crippen molar-refractivity contribution in [1.82, 2.24) is 0 Å². The lowest BCUT2D eigenvalue weighted by Gasteiger charge is -2.13. The molecule has 0 saturated heterocycles. The van der Waals surface area contributed by atoms with Crippen LogP contribution in [0.25, 0.3) is 0 Å². The fraction of sp³-hybridized carbons (Fsp3) is 0.368. The van der Waals surface area contributed by atoms with Gasteiger partial charge in [0.1, 0.15) is 11.6 Å². The van der Waals surface area contributed by atoms with Crippen LogP contribution in [-0.4, -0.2) is 26.1 Å². The molecule has 0 fully saturated rings. The van der Waals surface area contributed by atoms with Crippen LogP contribution in [0.5, 0.6) is 11.5 Å². The zero-order valence-electron chi connectivity index (χ0n) is 15.8. The van der Waals surface area contributed by atoms with E-state index in [0.29, 0.717) is 22.1 Å². The summed E-state index contributed by atoms with van der Waals surface area (Å²) >= 11 is 1.36. The molecule has 7 heteroatoms. The van der Waals surface area contributed by atoms with Crippen molar-refractivity contribution in [2.75, 3.05) is 19.5 Å². The summed E-state index contributed by atoms with van der Waals surface area (Å²) in [5, 5.41) is 3.22. The maximum absolute atomic E-state index is 12.6. The lowest BCUT2D eigenvalue weighted by molar-refractivity contribution is -0.114. The number of hydrogen-bond acceptors (Lipinski definition) is 6. The van der Waals surface area contributed by atoms with E-state index in [-0.39, 0.29) is 12.5 Å². The SMILES string of the molecule is COc1cc(C)c(COC(=O)c2c(NC(C)=O)sc(C)c2C)cc1OC. The Balaban J connectivity index is 2.23. The van der Waals surface area contributed by atoms with Crippen molar-refractivity contribution < 1.29 is 23.8 Å². The standard InChI is InChI=1S/C19H23NO5S/c1-10-7-15(23-5)16(24-6)8-14(10)9-25-19(22)17-11(2)12(3)26-18(17)20-13(4)21/h7-8H,9H2,1-6H3,(H,20,21). The van der Waals surface area contributed by atoms with Gasteiger partial charge in [-0.3, -0.25) is 4.79 Å². The number of aryl methyl sites for hydroxylation is 2. The molecule has 1 aromatic carbocycles. The Morgan fingerprint density at radius 1 is 1.08 bits per heavy atom. The predicted molar refractivity (Wildman–Crippen MR) is 101 cm³/mol. The van der Waals surface area contributed by atoms with Gasteiger partial charge in [-0.25, -0.2) is 4.79 Å². The van der Waals surface area contributed by atoms with Crippen molar-refractivity contribution >= 4 is 28.2 Å². The summed E-state index contributed by atoms with van der Waals surface area (Å²) in [5.74, 6) is 0.504. The fourth-order valence-electron chi connectivity index (χ4n) is 2.51. The Morgan fingerprint density at radius 2 is 1.69 bits per heavy atom. The third-order valence-corrected chi connectivity index (χ3v) is 5.20. The van der Waals surface area contributed by atoms with E-state index in [2.05, 4.69) is 5.32 Å². The highest BCUT2D eigenvalue weighted by atomic mass is 32.1. The van der Waals surface area contributed by atoms with Crippen molar-refractivity contribution in [2.24, 2.45) is 0 Å². The van der Waals surface area contributed by atoms with Gasteiger partial charge in [0.15, 0.2) is 11.5 Å². The molecule has 26 heavy (non-hydrogen) atoms. The summed E-state index contributed by atoms with van der Waals surface area (Å²) in [6.45, 7) is 7.16. The number of rotatable bonds is 6. The van der Waals surface area contributed by atoms with Crippen LogP contribution in [0.15, 0.2) is 12.1 Å². The van der Waals surface area contributed by atoms with Crippen LogP contribution < -0.4 is 14.8 Å². The Hall–Kier alpha value is -2.54. The molecule has 1 aromatic heterocycles. The van der Waals surface area contributed by atoms with Gasteiger partial charge in [0, 0.05) is 11.8 Å². The second-order valence-corrected chi connectivity index (χ2v) is 7.10. The number of carbonyl (C=O) groups is 2. The molecule has 0 aliphatic carbocycles. The van der Waals surface area contributed by atoms with Crippen LogP contribution in [0, 0.1) is 20.8 Å². The van der Waals surface area contributed by atoms with Gasteiger partial charge >= 0.3 is 5.97 Å². The second-order valence-electron chi connectivity index (χ2n) is 5.88. The summed E-state index contributed by atoms with van der Waals surface area (Å²) in [6.07, 6.45) is 0. The Morgan fingerprint density at radius 3 is 2.27 bits per heavy atom. The highest BCUT2D eigenvalue weighted by Gasteiger charge is 2.22. The molecule has 2 rings (SSSR count). The average Bonchev–Trinajstić information content (AvgIpc) is 2.86. The van der Waals surface area contributed by atoms with E-state index in [1.165, 1.54) is 18.3 Å². The quantitative estimate of drug-likeness (QED) is 0.770. The van der Waals surface area contributed by atoms with Crippen LogP contribution in [0.1, 0.15) is 38.8 Å². The van der Waals surface area contributed by atoms with E-state index < -0.39 is 5.97 Å². The van der Waals surface area contributed by atoms with Crippen molar-refractivity contribution in [3.05, 3.63) is 39.3 Å². The average molecular weight is 377 g/mol. The van der Waals surface area contributed by atoms with Crippen LogP contribution >= 0.6 is 11.3 Å². The number of thiophene rings is 1. The number of amides is 1. The topological polar surface area (TPSA) is 73.9 Å². The zero-order chi connectivity index (χ0) is 19.4. The fourth-order valence-corrected chi connectivity index (χ4v) is 3.61. The van der Waals surface area contributed by atoms with Crippen molar-refractivity contribution in [3.63, 3.8) is 0 Å². The lowest BCUT2D eigenvalue weighted by Crippen LogP contribution is -2.12. The van der Waals surface area contributed by atoms with Crippen molar-refractivity contribution in [2.45, 2.75) is 34.3 Å². The maximum Gasteiger partial charge on any atom is 0.341 e. The second kappa shape index (κ2) is 8.23. The summed E-state index contributed by atoms with van der Waals surface area (Å²) in [6, 6.07) is 3.63. The molecular formula is C19H23NO5S. The van der Waals surface area contributed by atoms with E-state index >= 15 is 0 Å². The third kappa shape index (κ3) is 4.16. The van der Waals surface area contributed by atoms with E-state index in [1.54, 1.807) is 20.3 Å². The third-order valence-electron chi connectivity index (χ3n) is 4.08. The molecule has 0 spiro atoms. The van der Waals surface area contributed by atoms with E-state index in [4.69, 9.17) is 14.2 Å². The maximum atomic E-state index is 12.6. The predicted octanol–water partition coefficient (Wildman–Crippen LogP) is 4.01. The molecule has 6 nitrogen and oxygen atoms in total. The number of hydrogen-bond donors (Lipinski definition) is 1. The number of esters is 1. The first-order chi connectivity index (χ1) is 12.3. The van der Waals surface area contributed by atoms with Gasteiger partial charge in [-0.2, -0.15) is 0 Å².